The highest BCUT2D eigenvalue weighted by Gasteiger charge is 2.39. The van der Waals surface area contributed by atoms with Crippen LogP contribution in [-0.4, -0.2) is 81.3 Å². The van der Waals surface area contributed by atoms with E-state index in [4.69, 9.17) is 11.5 Å². The number of benzene rings is 3. The standard InChI is InChI=1S/C40H49N7O6/c1-24(2)19-34(46-37(50)30(41)20-25-9-4-3-5-10-25)40(53)47-18-8-13-35(47)39(52)45-33(22-27-23-43-31-12-7-6-11-29(27)31)38(51)44-32(36(42)49)21-26-14-16-28(48)17-15-26/h3-7,9-12,14-17,23-24,30,32-35,43,48H,8,13,18-22,41H2,1-2H3,(H2,42,49)(H,44,51)(H,45,52)(H,46,50). The molecule has 9 N–H and O–H groups in total. The third kappa shape index (κ3) is 10.2. The summed E-state index contributed by atoms with van der Waals surface area (Å²) in [6, 6.07) is 18.2. The summed E-state index contributed by atoms with van der Waals surface area (Å²) >= 11 is 0. The highest BCUT2D eigenvalue weighted by Crippen LogP contribution is 2.23. The lowest BCUT2D eigenvalue weighted by Crippen LogP contribution is -2.59. The van der Waals surface area contributed by atoms with Gasteiger partial charge in [0.2, 0.25) is 29.5 Å². The fourth-order valence-corrected chi connectivity index (χ4v) is 6.80. The van der Waals surface area contributed by atoms with E-state index in [-0.39, 0.29) is 24.5 Å². The van der Waals surface area contributed by atoms with Gasteiger partial charge in [0.05, 0.1) is 6.04 Å². The summed E-state index contributed by atoms with van der Waals surface area (Å²) in [5.74, 6) is -2.66. The largest absolute Gasteiger partial charge is 0.508 e. The average Bonchev–Trinajstić information content (AvgIpc) is 3.79. The van der Waals surface area contributed by atoms with Gasteiger partial charge >= 0.3 is 0 Å². The zero-order valence-corrected chi connectivity index (χ0v) is 30.1. The van der Waals surface area contributed by atoms with Gasteiger partial charge < -0.3 is 42.4 Å². The monoisotopic (exact) mass is 723 g/mol. The number of nitrogens with two attached hydrogens (primary N) is 2. The molecule has 3 aromatic carbocycles. The molecule has 0 spiro atoms. The van der Waals surface area contributed by atoms with E-state index in [2.05, 4.69) is 20.9 Å². The lowest BCUT2D eigenvalue weighted by molar-refractivity contribution is -0.142. The highest BCUT2D eigenvalue weighted by atomic mass is 16.3. The van der Waals surface area contributed by atoms with Gasteiger partial charge in [0.1, 0.15) is 29.9 Å². The van der Waals surface area contributed by atoms with Gasteiger partial charge in [-0.2, -0.15) is 0 Å². The summed E-state index contributed by atoms with van der Waals surface area (Å²) in [6.45, 7) is 4.19. The molecule has 5 unspecified atom stereocenters. The first-order chi connectivity index (χ1) is 25.4. The van der Waals surface area contributed by atoms with Gasteiger partial charge in [-0.05, 0) is 66.5 Å². The van der Waals surface area contributed by atoms with Crippen molar-refractivity contribution in [3.8, 4) is 5.75 Å². The van der Waals surface area contributed by atoms with Gasteiger partial charge in [0, 0.05) is 36.5 Å². The van der Waals surface area contributed by atoms with Crippen molar-refractivity contribution in [3.05, 3.63) is 102 Å². The molecule has 13 nitrogen and oxygen atoms in total. The first kappa shape index (κ1) is 38.5. The number of phenols is 1. The van der Waals surface area contributed by atoms with Crippen molar-refractivity contribution in [2.75, 3.05) is 6.54 Å². The molecular weight excluding hydrogens is 674 g/mol. The number of aromatic nitrogens is 1. The van der Waals surface area contributed by atoms with Crippen LogP contribution in [-0.2, 0) is 43.2 Å². The summed E-state index contributed by atoms with van der Waals surface area (Å²) in [7, 11) is 0. The van der Waals surface area contributed by atoms with Gasteiger partial charge in [-0.25, -0.2) is 0 Å². The van der Waals surface area contributed by atoms with Gasteiger partial charge in [0.15, 0.2) is 0 Å². The number of aromatic amines is 1. The van der Waals surface area contributed by atoms with Crippen LogP contribution in [0.1, 0.15) is 49.8 Å². The number of phenolic OH excluding ortho intramolecular Hbond substituents is 1. The number of hydrogen-bond donors (Lipinski definition) is 7. The van der Waals surface area contributed by atoms with Gasteiger partial charge in [-0.3, -0.25) is 24.0 Å². The lowest BCUT2D eigenvalue weighted by atomic mass is 10.00. The van der Waals surface area contributed by atoms with Crippen LogP contribution >= 0.6 is 0 Å². The molecule has 1 saturated heterocycles. The predicted octanol–water partition coefficient (Wildman–Crippen LogP) is 2.21. The Balaban J connectivity index is 1.33. The number of rotatable bonds is 16. The predicted molar refractivity (Wildman–Crippen MR) is 201 cm³/mol. The molecule has 5 amide bonds. The molecule has 5 atom stereocenters. The number of carbonyl (C=O) groups excluding carboxylic acids is 5. The van der Waals surface area contributed by atoms with Crippen molar-refractivity contribution < 1.29 is 29.1 Å². The second-order valence-electron chi connectivity index (χ2n) is 14.1. The van der Waals surface area contributed by atoms with Crippen LogP contribution in [0.15, 0.2) is 85.1 Å². The normalized spacial score (nSPS) is 16.5. The van der Waals surface area contributed by atoms with Gasteiger partial charge in [-0.1, -0.05) is 74.5 Å². The van der Waals surface area contributed by atoms with Crippen LogP contribution in [0.3, 0.4) is 0 Å². The summed E-state index contributed by atoms with van der Waals surface area (Å²) < 4.78 is 0. The molecule has 1 aromatic heterocycles. The quantitative estimate of drug-likeness (QED) is 0.0915. The van der Waals surface area contributed by atoms with Crippen LogP contribution in [0.25, 0.3) is 10.9 Å². The number of para-hydroxylation sites is 1. The Hall–Kier alpha value is -5.69. The Labute approximate surface area is 308 Å². The molecule has 2 heterocycles. The minimum Gasteiger partial charge on any atom is -0.508 e. The van der Waals surface area contributed by atoms with Crippen molar-refractivity contribution in [2.45, 2.75) is 82.6 Å². The number of nitrogens with one attached hydrogen (secondary N) is 4. The van der Waals surface area contributed by atoms with E-state index < -0.39 is 59.7 Å². The van der Waals surface area contributed by atoms with Crippen molar-refractivity contribution >= 4 is 40.4 Å². The Kier molecular flexibility index (Phi) is 12.9. The first-order valence-electron chi connectivity index (χ1n) is 18.0. The van der Waals surface area contributed by atoms with Crippen LogP contribution in [0, 0.1) is 5.92 Å². The van der Waals surface area contributed by atoms with Crippen LogP contribution in [0.4, 0.5) is 0 Å². The number of hydrogen-bond acceptors (Lipinski definition) is 7. The van der Waals surface area contributed by atoms with E-state index in [0.717, 1.165) is 22.0 Å². The first-order valence-corrected chi connectivity index (χ1v) is 18.0. The second-order valence-corrected chi connectivity index (χ2v) is 14.1. The Morgan fingerprint density at radius 2 is 1.47 bits per heavy atom. The Morgan fingerprint density at radius 1 is 0.811 bits per heavy atom. The second kappa shape index (κ2) is 17.7. The minimum absolute atomic E-state index is 0.0495. The summed E-state index contributed by atoms with van der Waals surface area (Å²) in [4.78, 5) is 72.5. The number of H-pyrrole nitrogens is 1. The van der Waals surface area contributed by atoms with E-state index in [1.165, 1.54) is 17.0 Å². The smallest absolute Gasteiger partial charge is 0.245 e. The molecule has 53 heavy (non-hydrogen) atoms. The molecule has 5 rings (SSSR count). The molecule has 0 radical (unpaired) electrons. The summed E-state index contributed by atoms with van der Waals surface area (Å²) in [5.41, 5.74) is 15.1. The maximum absolute atomic E-state index is 14.1. The Morgan fingerprint density at radius 3 is 2.17 bits per heavy atom. The van der Waals surface area contributed by atoms with Gasteiger partial charge in [-0.15, -0.1) is 0 Å². The van der Waals surface area contributed by atoms with Crippen molar-refractivity contribution in [1.82, 2.24) is 25.8 Å². The number of amides is 5. The Bertz CT molecular complexity index is 1890. The zero-order chi connectivity index (χ0) is 38.1. The molecule has 4 aromatic rings. The number of aromatic hydroxyl groups is 1. The molecule has 1 aliphatic rings. The molecule has 280 valence electrons. The number of carbonyl (C=O) groups is 5. The summed E-state index contributed by atoms with van der Waals surface area (Å²) in [5, 5.41) is 19.0. The fourth-order valence-electron chi connectivity index (χ4n) is 6.80. The molecule has 0 aliphatic carbocycles. The maximum atomic E-state index is 14.1. The van der Waals surface area contributed by atoms with E-state index in [9.17, 15) is 29.1 Å². The van der Waals surface area contributed by atoms with Crippen LogP contribution in [0.5, 0.6) is 5.75 Å². The minimum atomic E-state index is -1.14. The molecule has 0 saturated carbocycles. The van der Waals surface area contributed by atoms with E-state index in [1.807, 2.05) is 68.4 Å². The number of primary amides is 1. The molecular formula is C40H49N7O6. The number of fused-ring (bicyclic) bond motifs is 1. The van der Waals surface area contributed by atoms with Crippen molar-refractivity contribution in [1.29, 1.82) is 0 Å². The third-order valence-corrected chi connectivity index (χ3v) is 9.56. The topological polar surface area (TPSA) is 213 Å². The fraction of sp³-hybridized carbons (Fsp3) is 0.375. The summed E-state index contributed by atoms with van der Waals surface area (Å²) in [6.07, 6.45) is 3.47. The maximum Gasteiger partial charge on any atom is 0.245 e. The van der Waals surface area contributed by atoms with E-state index >= 15 is 0 Å². The van der Waals surface area contributed by atoms with Crippen molar-refractivity contribution in [3.63, 3.8) is 0 Å². The molecule has 1 aliphatic heterocycles. The molecule has 0 bridgehead atoms. The van der Waals surface area contributed by atoms with Gasteiger partial charge in [0.25, 0.3) is 0 Å². The van der Waals surface area contributed by atoms with E-state index in [0.29, 0.717) is 37.8 Å². The average molecular weight is 724 g/mol. The van der Waals surface area contributed by atoms with Crippen LogP contribution < -0.4 is 27.4 Å². The van der Waals surface area contributed by atoms with Crippen molar-refractivity contribution in [2.24, 2.45) is 17.4 Å². The SMILES string of the molecule is CC(C)CC(NC(=O)C(N)Cc1ccccc1)C(=O)N1CCCC1C(=O)NC(Cc1c[nH]c2ccccc12)C(=O)NC(Cc1ccc(O)cc1)C(N)=O. The number of nitrogens with zero attached hydrogens (tertiary/aromatic N) is 1. The third-order valence-electron chi connectivity index (χ3n) is 9.56. The highest BCUT2D eigenvalue weighted by molar-refractivity contribution is 5.96. The molecule has 13 heteroatoms. The molecule has 1 fully saturated rings. The van der Waals surface area contributed by atoms with Crippen LogP contribution in [0.2, 0.25) is 0 Å². The lowest BCUT2D eigenvalue weighted by Gasteiger charge is -2.31. The number of likely N-dealkylation sites (tertiary alicyclic amines) is 1. The van der Waals surface area contributed by atoms with E-state index in [1.54, 1.807) is 18.3 Å². The zero-order valence-electron chi connectivity index (χ0n) is 30.1.